The molecule has 14 heteroatoms. The molecule has 3 heterocycles. The van der Waals surface area contributed by atoms with E-state index in [-0.39, 0.29) is 12.8 Å². The van der Waals surface area contributed by atoms with Gasteiger partial charge < -0.3 is 29.0 Å². The lowest BCUT2D eigenvalue weighted by molar-refractivity contribution is -0.264. The zero-order chi connectivity index (χ0) is 47.5. The van der Waals surface area contributed by atoms with E-state index in [0.717, 1.165) is 39.9 Å². The molecule has 1 saturated heterocycles. The SMILES string of the molecule is CCc1ccc2c(-c3cccc(Cl)c3)c(CCC(=O)N[C@@H]3O[C@H](COC(=O)C(C)(C)C)[C@H](OC(=O)C(C)(C)C)[C@H](OC(=O)C(C)(C)C)[C@H]3OC(=O)C(C)(C)C)c(-c3ccccc3)nn12. The van der Waals surface area contributed by atoms with Crippen LogP contribution in [0.2, 0.25) is 5.02 Å². The molecule has 1 aliphatic heterocycles. The van der Waals surface area contributed by atoms with E-state index in [1.807, 2.05) is 65.2 Å². The Balaban J connectivity index is 1.61. The fourth-order valence-corrected chi connectivity index (χ4v) is 7.02. The molecule has 0 saturated carbocycles. The Bertz CT molecular complexity index is 2350. The maximum absolute atomic E-state index is 14.5. The molecule has 64 heavy (non-hydrogen) atoms. The number of aromatic nitrogens is 2. The lowest BCUT2D eigenvalue weighted by atomic mass is 9.92. The van der Waals surface area contributed by atoms with Gasteiger partial charge in [0.05, 0.1) is 32.9 Å². The van der Waals surface area contributed by atoms with Gasteiger partial charge in [0.1, 0.15) is 12.7 Å². The van der Waals surface area contributed by atoms with E-state index in [4.69, 9.17) is 40.4 Å². The second-order valence-corrected chi connectivity index (χ2v) is 20.9. The molecule has 0 spiro atoms. The number of hydrogen-bond acceptors (Lipinski definition) is 11. The second-order valence-electron chi connectivity index (χ2n) is 20.4. The highest BCUT2D eigenvalue weighted by Crippen LogP contribution is 2.38. The number of fused-ring (bicyclic) bond motifs is 1. The average molecular weight is 903 g/mol. The minimum absolute atomic E-state index is 0.106. The number of carbonyl (C=O) groups excluding carboxylic acids is 5. The number of nitrogens with one attached hydrogen (secondary N) is 1. The highest BCUT2D eigenvalue weighted by Gasteiger charge is 2.55. The van der Waals surface area contributed by atoms with Gasteiger partial charge in [-0.05, 0) is 131 Å². The third-order valence-electron chi connectivity index (χ3n) is 10.6. The molecular formula is C50H64ClN3O10. The van der Waals surface area contributed by atoms with Crippen LogP contribution < -0.4 is 5.32 Å². The summed E-state index contributed by atoms with van der Waals surface area (Å²) in [5.74, 6) is -3.18. The lowest BCUT2D eigenvalue weighted by Crippen LogP contribution is -2.67. The number of esters is 4. The number of carbonyl (C=O) groups is 5. The summed E-state index contributed by atoms with van der Waals surface area (Å²) in [7, 11) is 0. The van der Waals surface area contributed by atoms with Crippen molar-refractivity contribution in [3.05, 3.63) is 83.0 Å². The first-order valence-corrected chi connectivity index (χ1v) is 22.2. The molecule has 0 bridgehead atoms. The molecule has 346 valence electrons. The quantitative estimate of drug-likeness (QED) is 0.107. The summed E-state index contributed by atoms with van der Waals surface area (Å²) in [6, 6.07) is 21.3. The van der Waals surface area contributed by atoms with Crippen LogP contribution in [0.3, 0.4) is 0 Å². The topological polar surface area (TPSA) is 161 Å². The third kappa shape index (κ3) is 11.9. The fraction of sp³-hybridized carbons (Fsp3) is 0.520. The number of nitrogens with zero attached hydrogens (tertiary/aromatic N) is 2. The zero-order valence-corrected chi connectivity index (χ0v) is 40.2. The largest absolute Gasteiger partial charge is 0.462 e. The minimum Gasteiger partial charge on any atom is -0.462 e. The van der Waals surface area contributed by atoms with Crippen molar-refractivity contribution >= 4 is 46.9 Å². The second kappa shape index (κ2) is 19.5. The van der Waals surface area contributed by atoms with Crippen LogP contribution in [0.25, 0.3) is 27.9 Å². The van der Waals surface area contributed by atoms with Gasteiger partial charge in [0.2, 0.25) is 5.91 Å². The summed E-state index contributed by atoms with van der Waals surface area (Å²) in [5, 5.41) is 8.61. The van der Waals surface area contributed by atoms with Crippen molar-refractivity contribution in [3.63, 3.8) is 0 Å². The van der Waals surface area contributed by atoms with E-state index in [2.05, 4.69) is 12.2 Å². The van der Waals surface area contributed by atoms with Crippen molar-refractivity contribution < 1.29 is 47.7 Å². The van der Waals surface area contributed by atoms with Crippen molar-refractivity contribution in [2.24, 2.45) is 21.7 Å². The monoisotopic (exact) mass is 901 g/mol. The summed E-state index contributed by atoms with van der Waals surface area (Å²) in [5.41, 5.74) is 1.76. The fourth-order valence-electron chi connectivity index (χ4n) is 6.83. The molecular weight excluding hydrogens is 838 g/mol. The van der Waals surface area contributed by atoms with Gasteiger partial charge >= 0.3 is 23.9 Å². The summed E-state index contributed by atoms with van der Waals surface area (Å²) < 4.78 is 32.5. The first kappa shape index (κ1) is 49.7. The van der Waals surface area contributed by atoms with E-state index in [1.54, 1.807) is 89.2 Å². The van der Waals surface area contributed by atoms with Gasteiger partial charge in [-0.15, -0.1) is 0 Å². The van der Waals surface area contributed by atoms with Crippen molar-refractivity contribution in [2.75, 3.05) is 6.61 Å². The highest BCUT2D eigenvalue weighted by molar-refractivity contribution is 6.30. The Morgan fingerprint density at radius 1 is 0.688 bits per heavy atom. The van der Waals surface area contributed by atoms with Crippen LogP contribution in [0.4, 0.5) is 0 Å². The Kier molecular flexibility index (Phi) is 15.1. The van der Waals surface area contributed by atoms with Gasteiger partial charge in [-0.1, -0.05) is 61.0 Å². The Hall–Kier alpha value is -5.27. The number of halogens is 1. The smallest absolute Gasteiger partial charge is 0.311 e. The maximum atomic E-state index is 14.5. The standard InChI is InChI=1S/C50H64ClN3O10/c1-14-32-23-25-34-37(30-21-18-22-31(51)27-30)33(38(53-54(32)34)29-19-16-15-17-20-29)24-26-36(55)52-42-41(64-46(59)50(11,12)13)40(63-45(58)49(8,9)10)39(62-44(57)48(5,6)7)35(61-42)28-60-43(56)47(2,3)4/h15-23,25,27,35,39-42H,14,24,26,28H2,1-13H3,(H,52,55)/t35-,39+,40+,41-,42-/m1/s1. The zero-order valence-electron chi connectivity index (χ0n) is 39.4. The van der Waals surface area contributed by atoms with Crippen LogP contribution >= 0.6 is 11.6 Å². The van der Waals surface area contributed by atoms with Gasteiger partial charge in [0.25, 0.3) is 0 Å². The Morgan fingerprint density at radius 2 is 1.23 bits per heavy atom. The third-order valence-corrected chi connectivity index (χ3v) is 10.8. The van der Waals surface area contributed by atoms with E-state index in [1.165, 1.54) is 0 Å². The summed E-state index contributed by atoms with van der Waals surface area (Å²) in [4.78, 5) is 68.8. The van der Waals surface area contributed by atoms with Crippen molar-refractivity contribution in [1.29, 1.82) is 0 Å². The predicted molar refractivity (Wildman–Crippen MR) is 244 cm³/mol. The number of rotatable bonds is 12. The van der Waals surface area contributed by atoms with Gasteiger partial charge in [-0.25, -0.2) is 4.52 Å². The number of aryl methyl sites for hydroxylation is 1. The molecule has 5 atom stereocenters. The number of ether oxygens (including phenoxy) is 5. The van der Waals surface area contributed by atoms with E-state index in [9.17, 15) is 24.0 Å². The Labute approximate surface area is 381 Å². The molecule has 0 radical (unpaired) electrons. The summed E-state index contributed by atoms with van der Waals surface area (Å²) in [6.45, 7) is 21.5. The van der Waals surface area contributed by atoms with E-state index >= 15 is 0 Å². The van der Waals surface area contributed by atoms with Crippen molar-refractivity contribution in [2.45, 2.75) is 140 Å². The predicted octanol–water partition coefficient (Wildman–Crippen LogP) is 9.12. The van der Waals surface area contributed by atoms with Crippen LogP contribution in [-0.2, 0) is 60.5 Å². The maximum Gasteiger partial charge on any atom is 0.311 e. The van der Waals surface area contributed by atoms with Crippen LogP contribution in [0.15, 0.2) is 66.7 Å². The van der Waals surface area contributed by atoms with Crippen LogP contribution in [-0.4, -0.2) is 76.6 Å². The molecule has 4 aromatic rings. The minimum atomic E-state index is -1.53. The molecule has 1 amide bonds. The molecule has 0 aliphatic carbocycles. The molecule has 1 fully saturated rings. The van der Waals surface area contributed by atoms with Gasteiger partial charge in [0.15, 0.2) is 24.5 Å². The number of amides is 1. The molecule has 1 N–H and O–H groups in total. The molecule has 13 nitrogen and oxygen atoms in total. The van der Waals surface area contributed by atoms with Crippen molar-refractivity contribution in [3.8, 4) is 22.4 Å². The summed E-state index contributed by atoms with van der Waals surface area (Å²) >= 11 is 6.58. The van der Waals surface area contributed by atoms with Gasteiger partial charge in [0, 0.05) is 28.3 Å². The average Bonchev–Trinajstić information content (AvgIpc) is 3.62. The van der Waals surface area contributed by atoms with Gasteiger partial charge in [-0.2, -0.15) is 5.10 Å². The normalized spacial score (nSPS) is 19.4. The van der Waals surface area contributed by atoms with E-state index in [0.29, 0.717) is 10.7 Å². The molecule has 1 aliphatic rings. The molecule has 2 aromatic heterocycles. The van der Waals surface area contributed by atoms with E-state index < -0.39 is 88.7 Å². The lowest BCUT2D eigenvalue weighted by Gasteiger charge is -2.46. The van der Waals surface area contributed by atoms with Crippen LogP contribution in [0.1, 0.15) is 108 Å². The molecule has 5 rings (SSSR count). The van der Waals surface area contributed by atoms with Crippen LogP contribution in [0.5, 0.6) is 0 Å². The highest BCUT2D eigenvalue weighted by atomic mass is 35.5. The van der Waals surface area contributed by atoms with Crippen LogP contribution in [0, 0.1) is 21.7 Å². The van der Waals surface area contributed by atoms with Gasteiger partial charge in [-0.3, -0.25) is 24.0 Å². The van der Waals surface area contributed by atoms with Crippen molar-refractivity contribution in [1.82, 2.24) is 14.9 Å². The number of benzene rings is 2. The Morgan fingerprint density at radius 3 is 1.78 bits per heavy atom. The number of hydrogen-bond donors (Lipinski definition) is 1. The summed E-state index contributed by atoms with van der Waals surface area (Å²) in [6.07, 6.45) is -6.45. The first-order valence-electron chi connectivity index (χ1n) is 21.8. The molecule has 2 aromatic carbocycles. The first-order chi connectivity index (χ1) is 29.7. The molecule has 0 unspecified atom stereocenters.